The number of hydrogen-bond acceptors (Lipinski definition) is 14. The van der Waals surface area contributed by atoms with E-state index in [4.69, 9.17) is 25.9 Å². The van der Waals surface area contributed by atoms with E-state index in [1.54, 1.807) is 60.9 Å². The SMILES string of the molecule is COC(=O)CC[C@H](CC(=O)c1ccc(CCc2c[nH]c3nc(N)[nH]c(=O)c23)cc1)C(=O)OC.Cc1ccc(S(=O)(=O)O)cc1.Nc1nc2[nH]cc(CCc3ccc(C(=O)O)cc3)c2c(=O)[nH]1. The van der Waals surface area contributed by atoms with Gasteiger partial charge in [0.15, 0.2) is 5.78 Å². The van der Waals surface area contributed by atoms with Crippen molar-refractivity contribution >= 4 is 67.8 Å². The summed E-state index contributed by atoms with van der Waals surface area (Å²) in [6.07, 6.45) is 6.21. The summed E-state index contributed by atoms with van der Waals surface area (Å²) in [7, 11) is -1.50. The number of hydrogen-bond donors (Lipinski definition) is 8. The van der Waals surface area contributed by atoms with Gasteiger partial charge in [0.25, 0.3) is 21.2 Å². The molecule has 10 N–H and O–H groups in total. The lowest BCUT2D eigenvalue weighted by Gasteiger charge is -2.13. The van der Waals surface area contributed by atoms with Gasteiger partial charge in [-0.25, -0.2) is 4.79 Å². The van der Waals surface area contributed by atoms with Crippen LogP contribution in [0, 0.1) is 12.8 Å². The zero-order valence-corrected chi connectivity index (χ0v) is 36.9. The summed E-state index contributed by atoms with van der Waals surface area (Å²) in [6.45, 7) is 1.84. The number of anilines is 2. The van der Waals surface area contributed by atoms with Crippen LogP contribution in [0.3, 0.4) is 0 Å². The van der Waals surface area contributed by atoms with Crippen LogP contribution in [0.2, 0.25) is 0 Å². The average Bonchev–Trinajstić information content (AvgIpc) is 3.90. The predicted octanol–water partition coefficient (Wildman–Crippen LogP) is 4.49. The van der Waals surface area contributed by atoms with Crippen LogP contribution in [-0.4, -0.2) is 85.9 Å². The normalized spacial score (nSPS) is 11.5. The van der Waals surface area contributed by atoms with Gasteiger partial charge in [0.05, 0.1) is 41.4 Å². The Labute approximate surface area is 376 Å². The molecule has 0 saturated carbocycles. The first-order valence-corrected chi connectivity index (χ1v) is 21.7. The van der Waals surface area contributed by atoms with Gasteiger partial charge >= 0.3 is 17.9 Å². The van der Waals surface area contributed by atoms with Crippen LogP contribution in [0.25, 0.3) is 22.1 Å². The van der Waals surface area contributed by atoms with Crippen LogP contribution in [0.15, 0.2) is 99.7 Å². The molecule has 4 aromatic heterocycles. The fourth-order valence-electron chi connectivity index (χ4n) is 6.78. The van der Waals surface area contributed by atoms with Crippen molar-refractivity contribution in [2.45, 2.75) is 56.8 Å². The summed E-state index contributed by atoms with van der Waals surface area (Å²) in [5.41, 5.74) is 16.8. The molecule has 7 rings (SSSR count). The Kier molecular flexibility index (Phi) is 16.5. The van der Waals surface area contributed by atoms with E-state index in [0.29, 0.717) is 53.3 Å². The van der Waals surface area contributed by atoms with E-state index >= 15 is 0 Å². The molecule has 21 heteroatoms. The zero-order chi connectivity index (χ0) is 48.1. The first-order valence-electron chi connectivity index (χ1n) is 20.2. The van der Waals surface area contributed by atoms with Crippen LogP contribution in [0.1, 0.15) is 67.8 Å². The number of rotatable bonds is 15. The number of carbonyl (C=O) groups excluding carboxylic acids is 3. The number of nitrogens with one attached hydrogen (secondary N) is 4. The molecule has 20 nitrogen and oxygen atoms in total. The van der Waals surface area contributed by atoms with E-state index in [2.05, 4.69) is 34.6 Å². The van der Waals surface area contributed by atoms with E-state index in [1.807, 2.05) is 19.1 Å². The van der Waals surface area contributed by atoms with Gasteiger partial charge in [-0.05, 0) is 85.5 Å². The van der Waals surface area contributed by atoms with Gasteiger partial charge < -0.3 is 36.0 Å². The molecule has 0 spiro atoms. The second kappa shape index (κ2) is 22.1. The molecule has 1 atom stereocenters. The van der Waals surface area contributed by atoms with Crippen LogP contribution in [0.5, 0.6) is 0 Å². The van der Waals surface area contributed by atoms with E-state index in [0.717, 1.165) is 27.8 Å². The maximum atomic E-state index is 12.7. The molecule has 0 fully saturated rings. The number of carbonyl (C=O) groups is 4. The number of esters is 2. The third-order valence-corrected chi connectivity index (χ3v) is 11.2. The molecule has 0 unspecified atom stereocenters. The number of carboxylic acid groups (broad SMARTS) is 1. The number of benzene rings is 3. The lowest BCUT2D eigenvalue weighted by Crippen LogP contribution is -2.21. The van der Waals surface area contributed by atoms with Gasteiger partial charge in [-0.3, -0.25) is 38.5 Å². The Bertz CT molecular complexity index is 3070. The Morgan fingerprint density at radius 2 is 1.17 bits per heavy atom. The van der Waals surface area contributed by atoms with Crippen molar-refractivity contribution in [1.82, 2.24) is 29.9 Å². The number of aromatic amines is 4. The monoisotopic (exact) mass is 924 g/mol. The number of ketones is 1. The number of aromatic carboxylic acids is 1. The van der Waals surface area contributed by atoms with Crippen molar-refractivity contribution in [2.24, 2.45) is 5.92 Å². The van der Waals surface area contributed by atoms with Crippen LogP contribution in [-0.2, 0) is 54.9 Å². The number of methoxy groups -OCH3 is 2. The quantitative estimate of drug-likeness (QED) is 0.0399. The maximum absolute atomic E-state index is 12.7. The molecule has 0 amide bonds. The third-order valence-electron chi connectivity index (χ3n) is 10.3. The lowest BCUT2D eigenvalue weighted by molar-refractivity contribution is -0.146. The van der Waals surface area contributed by atoms with Crippen molar-refractivity contribution in [3.63, 3.8) is 0 Å². The molecule has 66 heavy (non-hydrogen) atoms. The molecule has 4 heterocycles. The maximum Gasteiger partial charge on any atom is 0.335 e. The molecule has 0 aliphatic carbocycles. The summed E-state index contributed by atoms with van der Waals surface area (Å²) in [6, 6.07) is 19.8. The summed E-state index contributed by atoms with van der Waals surface area (Å²) < 4.78 is 38.9. The number of carboxylic acids is 1. The molecular formula is C45H48N8O12S. The van der Waals surface area contributed by atoms with Gasteiger partial charge in [0.2, 0.25) is 11.9 Å². The van der Waals surface area contributed by atoms with E-state index in [1.165, 1.54) is 26.4 Å². The summed E-state index contributed by atoms with van der Waals surface area (Å²) in [5, 5.41) is 9.86. The second-order valence-corrected chi connectivity index (χ2v) is 16.3. The van der Waals surface area contributed by atoms with Crippen LogP contribution < -0.4 is 22.6 Å². The number of H-pyrrole nitrogens is 4. The summed E-state index contributed by atoms with van der Waals surface area (Å²) >= 11 is 0. The first-order chi connectivity index (χ1) is 31.4. The minimum absolute atomic E-state index is 0.0290. The number of aryl methyl sites for hydroxylation is 5. The third kappa shape index (κ3) is 13.3. The number of ether oxygens (including phenoxy) is 2. The van der Waals surface area contributed by atoms with Gasteiger partial charge in [0.1, 0.15) is 11.3 Å². The average molecular weight is 925 g/mol. The molecule has 0 bridgehead atoms. The highest BCUT2D eigenvalue weighted by Crippen LogP contribution is 2.20. The topological polar surface area (TPSA) is 336 Å². The predicted molar refractivity (Wildman–Crippen MR) is 244 cm³/mol. The number of nitrogens with zero attached hydrogens (tertiary/aromatic N) is 2. The molecule has 3 aromatic carbocycles. The Balaban J connectivity index is 0.000000211. The Morgan fingerprint density at radius 3 is 1.59 bits per heavy atom. The number of nitrogens with two attached hydrogens (primary N) is 2. The lowest BCUT2D eigenvalue weighted by atomic mass is 9.93. The minimum atomic E-state index is -4.02. The number of fused-ring (bicyclic) bond motifs is 2. The van der Waals surface area contributed by atoms with Crippen molar-refractivity contribution in [1.29, 1.82) is 0 Å². The van der Waals surface area contributed by atoms with E-state index in [-0.39, 0.29) is 58.5 Å². The first kappa shape index (κ1) is 49.1. The highest BCUT2D eigenvalue weighted by atomic mass is 32.2. The van der Waals surface area contributed by atoms with Gasteiger partial charge in [-0.2, -0.15) is 18.4 Å². The second-order valence-electron chi connectivity index (χ2n) is 14.9. The smallest absolute Gasteiger partial charge is 0.335 e. The number of aromatic nitrogens is 6. The van der Waals surface area contributed by atoms with E-state index in [9.17, 15) is 37.2 Å². The molecule has 0 radical (unpaired) electrons. The van der Waals surface area contributed by atoms with Crippen molar-refractivity contribution < 1.29 is 46.7 Å². The van der Waals surface area contributed by atoms with Crippen molar-refractivity contribution in [2.75, 3.05) is 25.7 Å². The fourth-order valence-corrected chi connectivity index (χ4v) is 7.26. The number of nitrogen functional groups attached to an aromatic ring is 2. The molecule has 0 aliphatic heterocycles. The minimum Gasteiger partial charge on any atom is -0.478 e. The van der Waals surface area contributed by atoms with Gasteiger partial charge in [-0.15, -0.1) is 0 Å². The largest absolute Gasteiger partial charge is 0.478 e. The summed E-state index contributed by atoms with van der Waals surface area (Å²) in [5.74, 6) is -2.72. The highest BCUT2D eigenvalue weighted by Gasteiger charge is 2.24. The van der Waals surface area contributed by atoms with Crippen LogP contribution in [0.4, 0.5) is 11.9 Å². The van der Waals surface area contributed by atoms with Crippen molar-refractivity contribution in [3.8, 4) is 0 Å². The van der Waals surface area contributed by atoms with Crippen molar-refractivity contribution in [3.05, 3.63) is 145 Å². The van der Waals surface area contributed by atoms with Crippen LogP contribution >= 0.6 is 0 Å². The molecule has 0 saturated heterocycles. The van der Waals surface area contributed by atoms with Gasteiger partial charge in [0, 0.05) is 30.8 Å². The molecule has 7 aromatic rings. The number of Topliss-reactive ketones (excluding diaryl/α,β-unsaturated/α-hetero) is 1. The standard InChI is InChI=1S/C23H26N4O6.C15H14N4O3.C7H8O3S/c1-32-18(29)10-9-15(22(31)33-2)11-17(28)14-6-3-13(4-7-14)5-8-16-12-25-20-19(16)21(30)27-23(24)26-20;16-15-18-12-11(13(20)19-15)10(7-17-12)6-3-8-1-4-9(5-2-8)14(21)22;1-6-2-4-7(5-3-6)11(8,9)10/h3-4,6-7,12,15H,5,8-11H2,1-2H3,(H4,24,25,26,27,30);1-2,4-5,7H,3,6H2,(H,21,22)(H4,16,17,18,19,20);2-5H,1H3,(H,8,9,10)/t15-;;/m1../s1. The zero-order valence-electron chi connectivity index (χ0n) is 36.0. The molecule has 0 aliphatic rings. The molecule has 346 valence electrons. The van der Waals surface area contributed by atoms with E-state index < -0.39 is 33.9 Å². The Hall–Kier alpha value is -7.91. The Morgan fingerprint density at radius 1 is 0.697 bits per heavy atom. The summed E-state index contributed by atoms with van der Waals surface area (Å²) in [4.78, 5) is 89.9. The van der Waals surface area contributed by atoms with Gasteiger partial charge in [-0.1, -0.05) is 54.1 Å². The fraction of sp³-hybridized carbons (Fsp3) is 0.244. The highest BCUT2D eigenvalue weighted by molar-refractivity contribution is 7.85. The molecular weight excluding hydrogens is 877 g/mol.